The first-order valence-electron chi connectivity index (χ1n) is 8.83. The lowest BCUT2D eigenvalue weighted by Gasteiger charge is -2.04. The maximum Gasteiger partial charge on any atom is 0.263 e. The summed E-state index contributed by atoms with van der Waals surface area (Å²) in [7, 11) is -3.72. The van der Waals surface area contributed by atoms with Crippen LogP contribution in [0.2, 0.25) is 0 Å². The fraction of sp³-hybridized carbons (Fsp3) is 0.211. The van der Waals surface area contributed by atoms with Gasteiger partial charge in [0.25, 0.3) is 10.0 Å². The van der Waals surface area contributed by atoms with Crippen LogP contribution >= 0.6 is 22.7 Å². The summed E-state index contributed by atoms with van der Waals surface area (Å²) in [6.45, 7) is 0. The number of nitrogens with one attached hydrogen (secondary N) is 2. The summed E-state index contributed by atoms with van der Waals surface area (Å²) in [5.74, 6) is -0.288. The summed E-state index contributed by atoms with van der Waals surface area (Å²) in [6, 6.07) is 10.2. The van der Waals surface area contributed by atoms with E-state index in [9.17, 15) is 18.5 Å². The number of aromatic nitrogens is 1. The first-order valence-corrected chi connectivity index (χ1v) is 12.0. The first-order chi connectivity index (χ1) is 14.0. The molecule has 4 rings (SSSR count). The predicted octanol–water partition coefficient (Wildman–Crippen LogP) is 3.55. The summed E-state index contributed by atoms with van der Waals surface area (Å²) >= 11 is 2.57. The molecule has 1 aliphatic carbocycles. The minimum Gasteiger partial charge on any atom is -0.316 e. The second-order valence-corrected chi connectivity index (χ2v) is 10.1. The van der Waals surface area contributed by atoms with Crippen LogP contribution < -0.4 is 10.0 Å². The van der Waals surface area contributed by atoms with Crippen LogP contribution in [0.4, 0.5) is 10.1 Å². The quantitative estimate of drug-likeness (QED) is 0.604. The molecule has 0 fully saturated rings. The zero-order valence-corrected chi connectivity index (χ0v) is 17.6. The van der Waals surface area contributed by atoms with Crippen molar-refractivity contribution in [3.63, 3.8) is 0 Å². The highest BCUT2D eigenvalue weighted by Gasteiger charge is 2.23. The normalized spacial score (nSPS) is 12.9. The minimum atomic E-state index is -3.72. The molecule has 3 aromatic rings. The van der Waals surface area contributed by atoms with Crippen LogP contribution in [0.3, 0.4) is 0 Å². The molecule has 0 bridgehead atoms. The number of nitrogens with zero attached hydrogens (tertiary/aromatic N) is 2. The SMILES string of the molecule is N#Cc1c(NC(=O)Cc2csc(NS(=O)(=O)c3ccccc3)n2)sc2c1CCC2. The fourth-order valence-electron chi connectivity index (χ4n) is 3.15. The second kappa shape index (κ2) is 7.94. The van der Waals surface area contributed by atoms with Crippen molar-refractivity contribution in [3.8, 4) is 6.07 Å². The van der Waals surface area contributed by atoms with E-state index in [4.69, 9.17) is 0 Å². The van der Waals surface area contributed by atoms with Crippen LogP contribution in [0.5, 0.6) is 0 Å². The van der Waals surface area contributed by atoms with E-state index in [1.54, 1.807) is 23.6 Å². The van der Waals surface area contributed by atoms with Crippen molar-refractivity contribution in [2.24, 2.45) is 0 Å². The highest BCUT2D eigenvalue weighted by Crippen LogP contribution is 2.38. The fourth-order valence-corrected chi connectivity index (χ4v) is 6.39. The Morgan fingerprint density at radius 3 is 2.79 bits per heavy atom. The van der Waals surface area contributed by atoms with Gasteiger partial charge in [-0.05, 0) is 37.0 Å². The molecule has 0 radical (unpaired) electrons. The number of carbonyl (C=O) groups excluding carboxylic acids is 1. The molecule has 148 valence electrons. The van der Waals surface area contributed by atoms with Gasteiger partial charge in [0, 0.05) is 10.3 Å². The number of fused-ring (bicyclic) bond motifs is 1. The van der Waals surface area contributed by atoms with E-state index in [2.05, 4.69) is 21.1 Å². The molecular formula is C19H16N4O3S3. The third kappa shape index (κ3) is 4.17. The van der Waals surface area contributed by atoms with Crippen molar-refractivity contribution < 1.29 is 13.2 Å². The number of hydrogen-bond acceptors (Lipinski definition) is 7. The average molecular weight is 445 g/mol. The number of rotatable bonds is 6. The van der Waals surface area contributed by atoms with E-state index < -0.39 is 10.0 Å². The summed E-state index contributed by atoms with van der Waals surface area (Å²) in [5.41, 5.74) is 2.07. The maximum absolute atomic E-state index is 12.4. The van der Waals surface area contributed by atoms with Crippen molar-refractivity contribution in [1.82, 2.24) is 4.98 Å². The van der Waals surface area contributed by atoms with Gasteiger partial charge < -0.3 is 5.32 Å². The number of thiazole rings is 1. The molecule has 0 unspecified atom stereocenters. The molecule has 0 aliphatic heterocycles. The Bertz CT molecular complexity index is 1210. The molecule has 7 nitrogen and oxygen atoms in total. The van der Waals surface area contributed by atoms with E-state index in [1.165, 1.54) is 28.3 Å². The van der Waals surface area contributed by atoms with Gasteiger partial charge in [-0.2, -0.15) is 5.26 Å². The van der Waals surface area contributed by atoms with E-state index in [-0.39, 0.29) is 22.4 Å². The lowest BCUT2D eigenvalue weighted by atomic mass is 10.1. The van der Waals surface area contributed by atoms with Crippen molar-refractivity contribution >= 4 is 48.7 Å². The highest BCUT2D eigenvalue weighted by atomic mass is 32.2. The third-order valence-electron chi connectivity index (χ3n) is 4.45. The first kappa shape index (κ1) is 19.6. The standard InChI is InChI=1S/C19H16N4O3S3/c20-10-15-14-7-4-8-16(14)28-18(15)22-17(24)9-12-11-27-19(21-12)23-29(25,26)13-5-2-1-3-6-13/h1-3,5-6,11H,4,7-9H2,(H,21,23)(H,22,24). The molecule has 2 N–H and O–H groups in total. The maximum atomic E-state index is 12.4. The molecule has 0 atom stereocenters. The zero-order chi connectivity index (χ0) is 20.4. The van der Waals surface area contributed by atoms with Gasteiger partial charge in [0.15, 0.2) is 5.13 Å². The molecule has 1 aromatic carbocycles. The molecule has 0 saturated heterocycles. The minimum absolute atomic E-state index is 0.00298. The summed E-state index contributed by atoms with van der Waals surface area (Å²) in [4.78, 5) is 17.9. The van der Waals surface area contributed by atoms with Gasteiger partial charge in [0.05, 0.1) is 22.6 Å². The smallest absolute Gasteiger partial charge is 0.263 e. The van der Waals surface area contributed by atoms with E-state index in [0.29, 0.717) is 16.3 Å². The van der Waals surface area contributed by atoms with E-state index >= 15 is 0 Å². The number of hydrogen-bond donors (Lipinski definition) is 2. The van der Waals surface area contributed by atoms with Crippen LogP contribution in [0.1, 0.15) is 28.1 Å². The number of nitriles is 1. The molecule has 10 heteroatoms. The number of sulfonamides is 1. The molecule has 0 spiro atoms. The Hall–Kier alpha value is -2.74. The monoisotopic (exact) mass is 444 g/mol. The van der Waals surface area contributed by atoms with Crippen LogP contribution in [0.15, 0.2) is 40.6 Å². The summed E-state index contributed by atoms with van der Waals surface area (Å²) in [6.07, 6.45) is 2.87. The van der Waals surface area contributed by atoms with Gasteiger partial charge in [-0.15, -0.1) is 22.7 Å². The van der Waals surface area contributed by atoms with Gasteiger partial charge in [-0.25, -0.2) is 13.4 Å². The number of anilines is 2. The van der Waals surface area contributed by atoms with Crippen LogP contribution in [-0.4, -0.2) is 19.3 Å². The molecule has 2 heterocycles. The average Bonchev–Trinajstić information content (AvgIpc) is 3.38. The van der Waals surface area contributed by atoms with E-state index in [0.717, 1.165) is 36.2 Å². The molecular weight excluding hydrogens is 428 g/mol. The van der Waals surface area contributed by atoms with Gasteiger partial charge in [-0.1, -0.05) is 18.2 Å². The van der Waals surface area contributed by atoms with Crippen molar-refractivity contribution in [2.75, 3.05) is 10.0 Å². The molecule has 0 saturated carbocycles. The van der Waals surface area contributed by atoms with Gasteiger partial charge in [0.2, 0.25) is 5.91 Å². The van der Waals surface area contributed by atoms with Gasteiger partial charge in [-0.3, -0.25) is 9.52 Å². The molecule has 1 amide bonds. The summed E-state index contributed by atoms with van der Waals surface area (Å²) in [5, 5.41) is 14.6. The Labute approximate surface area is 176 Å². The van der Waals surface area contributed by atoms with Crippen molar-refractivity contribution in [2.45, 2.75) is 30.6 Å². The Kier molecular flexibility index (Phi) is 5.36. The molecule has 2 aromatic heterocycles. The van der Waals surface area contributed by atoms with Crippen LogP contribution in [-0.2, 0) is 34.1 Å². The van der Waals surface area contributed by atoms with Gasteiger partial charge >= 0.3 is 0 Å². The largest absolute Gasteiger partial charge is 0.316 e. The lowest BCUT2D eigenvalue weighted by Crippen LogP contribution is -2.15. The number of benzene rings is 1. The number of thiophene rings is 1. The van der Waals surface area contributed by atoms with Crippen molar-refractivity contribution in [1.29, 1.82) is 5.26 Å². The topological polar surface area (TPSA) is 112 Å². The number of aryl methyl sites for hydroxylation is 1. The highest BCUT2D eigenvalue weighted by molar-refractivity contribution is 7.93. The molecule has 1 aliphatic rings. The van der Waals surface area contributed by atoms with Gasteiger partial charge in [0.1, 0.15) is 11.1 Å². The Morgan fingerprint density at radius 1 is 1.24 bits per heavy atom. The number of carbonyl (C=O) groups is 1. The Balaban J connectivity index is 1.42. The molecule has 29 heavy (non-hydrogen) atoms. The lowest BCUT2D eigenvalue weighted by molar-refractivity contribution is -0.115. The summed E-state index contributed by atoms with van der Waals surface area (Å²) < 4.78 is 27.1. The van der Waals surface area contributed by atoms with Crippen LogP contribution in [0.25, 0.3) is 0 Å². The number of amides is 1. The second-order valence-electron chi connectivity index (χ2n) is 6.46. The zero-order valence-electron chi connectivity index (χ0n) is 15.1. The van der Waals surface area contributed by atoms with Crippen molar-refractivity contribution in [3.05, 3.63) is 57.4 Å². The predicted molar refractivity (Wildman–Crippen MR) is 113 cm³/mol. The van der Waals surface area contributed by atoms with Crippen LogP contribution in [0, 0.1) is 11.3 Å². The third-order valence-corrected chi connectivity index (χ3v) is 7.95. The van der Waals surface area contributed by atoms with E-state index in [1.807, 2.05) is 0 Å². The Morgan fingerprint density at radius 2 is 2.03 bits per heavy atom.